The summed E-state index contributed by atoms with van der Waals surface area (Å²) >= 11 is 0. The second-order valence-electron chi connectivity index (χ2n) is 7.72. The van der Waals surface area contributed by atoms with E-state index in [0.717, 1.165) is 6.42 Å². The molecule has 0 bridgehead atoms. The molecule has 0 saturated carbocycles. The highest BCUT2D eigenvalue weighted by Crippen LogP contribution is 2.60. The first-order valence-electron chi connectivity index (χ1n) is 9.74. The van der Waals surface area contributed by atoms with Crippen molar-refractivity contribution in [2.24, 2.45) is 5.92 Å². The van der Waals surface area contributed by atoms with Crippen molar-refractivity contribution in [3.05, 3.63) is 113 Å². The fraction of sp³-hybridized carbons (Fsp3) is 0.231. The molecule has 26 heavy (non-hydrogen) atoms. The molecule has 3 atom stereocenters. The van der Waals surface area contributed by atoms with Gasteiger partial charge >= 0.3 is 0 Å². The van der Waals surface area contributed by atoms with Crippen LogP contribution in [0.5, 0.6) is 0 Å². The van der Waals surface area contributed by atoms with Crippen LogP contribution in [0.2, 0.25) is 0 Å². The number of rotatable bonds is 2. The summed E-state index contributed by atoms with van der Waals surface area (Å²) in [4.78, 5) is 0. The monoisotopic (exact) mass is 336 g/mol. The van der Waals surface area contributed by atoms with Crippen LogP contribution in [0.15, 0.2) is 84.9 Å². The van der Waals surface area contributed by atoms with Crippen LogP contribution in [-0.4, -0.2) is 0 Å². The Kier molecular flexibility index (Phi) is 3.43. The lowest BCUT2D eigenvalue weighted by molar-refractivity contribution is 0.363. The molecule has 2 aliphatic rings. The molecule has 0 heteroatoms. The molecule has 128 valence electrons. The second kappa shape index (κ2) is 5.71. The zero-order valence-corrected chi connectivity index (χ0v) is 15.4. The molecular formula is C26H24. The van der Waals surface area contributed by atoms with E-state index in [9.17, 15) is 0 Å². The maximum atomic E-state index is 2.58. The predicted molar refractivity (Wildman–Crippen MR) is 109 cm³/mol. The Hall–Kier alpha value is -2.60. The highest BCUT2D eigenvalue weighted by atomic mass is 14.5. The molecule has 2 aliphatic carbocycles. The number of allylic oxidation sites excluding steroid dienone is 1. The van der Waals surface area contributed by atoms with E-state index in [1.165, 1.54) is 33.4 Å². The van der Waals surface area contributed by atoms with Crippen LogP contribution in [0.25, 0.3) is 5.57 Å². The van der Waals surface area contributed by atoms with Crippen molar-refractivity contribution in [2.75, 3.05) is 0 Å². The molecule has 3 aromatic carbocycles. The van der Waals surface area contributed by atoms with E-state index in [1.54, 1.807) is 0 Å². The van der Waals surface area contributed by atoms with E-state index in [0.29, 0.717) is 11.8 Å². The van der Waals surface area contributed by atoms with Crippen molar-refractivity contribution in [1.29, 1.82) is 0 Å². The summed E-state index contributed by atoms with van der Waals surface area (Å²) in [6, 6.07) is 29.1. The normalized spacial score (nSPS) is 25.8. The van der Waals surface area contributed by atoms with Crippen LogP contribution < -0.4 is 0 Å². The Morgan fingerprint density at radius 2 is 1.42 bits per heavy atom. The van der Waals surface area contributed by atoms with E-state index in [1.807, 2.05) is 0 Å². The Balaban J connectivity index is 1.84. The van der Waals surface area contributed by atoms with Crippen LogP contribution in [-0.2, 0) is 5.41 Å². The highest BCUT2D eigenvalue weighted by Gasteiger charge is 2.52. The van der Waals surface area contributed by atoms with E-state index >= 15 is 0 Å². The predicted octanol–water partition coefficient (Wildman–Crippen LogP) is 6.56. The molecule has 0 aliphatic heterocycles. The lowest BCUT2D eigenvalue weighted by atomic mass is 9.61. The summed E-state index contributed by atoms with van der Waals surface area (Å²) in [6.45, 7) is 4.77. The molecule has 0 fully saturated rings. The van der Waals surface area contributed by atoms with Gasteiger partial charge in [0.25, 0.3) is 0 Å². The zero-order valence-electron chi connectivity index (χ0n) is 15.4. The molecule has 0 N–H and O–H groups in total. The topological polar surface area (TPSA) is 0 Å². The Labute approximate surface area is 156 Å². The third-order valence-corrected chi connectivity index (χ3v) is 6.73. The molecule has 0 spiro atoms. The van der Waals surface area contributed by atoms with Gasteiger partial charge in [0.05, 0.1) is 0 Å². The smallest absolute Gasteiger partial charge is 0.0277 e. The van der Waals surface area contributed by atoms with Crippen LogP contribution in [0.1, 0.15) is 54.0 Å². The minimum atomic E-state index is 0.102. The molecule has 0 aromatic heterocycles. The van der Waals surface area contributed by atoms with Crippen LogP contribution in [0.3, 0.4) is 0 Å². The number of hydrogen-bond donors (Lipinski definition) is 0. The van der Waals surface area contributed by atoms with Gasteiger partial charge in [-0.05, 0) is 51.6 Å². The molecule has 0 unspecified atom stereocenters. The van der Waals surface area contributed by atoms with Crippen molar-refractivity contribution < 1.29 is 0 Å². The van der Waals surface area contributed by atoms with Gasteiger partial charge in [-0.25, -0.2) is 0 Å². The minimum absolute atomic E-state index is 0.102. The van der Waals surface area contributed by atoms with Gasteiger partial charge in [-0.15, -0.1) is 0 Å². The maximum Gasteiger partial charge on any atom is 0.0277 e. The molecular weight excluding hydrogens is 312 g/mol. The number of fused-ring (bicyclic) bond motifs is 5. The number of benzene rings is 3. The summed E-state index contributed by atoms with van der Waals surface area (Å²) < 4.78 is 0. The summed E-state index contributed by atoms with van der Waals surface area (Å²) in [5, 5.41) is 0. The van der Waals surface area contributed by atoms with E-state index < -0.39 is 0 Å². The van der Waals surface area contributed by atoms with Gasteiger partial charge in [0, 0.05) is 5.41 Å². The van der Waals surface area contributed by atoms with Gasteiger partial charge < -0.3 is 0 Å². The fourth-order valence-corrected chi connectivity index (χ4v) is 5.57. The van der Waals surface area contributed by atoms with E-state index in [4.69, 9.17) is 0 Å². The molecule has 0 nitrogen and oxygen atoms in total. The quantitative estimate of drug-likeness (QED) is 0.497. The first-order chi connectivity index (χ1) is 12.8. The van der Waals surface area contributed by atoms with Gasteiger partial charge in [0.2, 0.25) is 0 Å². The van der Waals surface area contributed by atoms with Crippen molar-refractivity contribution in [2.45, 2.75) is 31.6 Å². The van der Waals surface area contributed by atoms with Gasteiger partial charge in [0.1, 0.15) is 0 Å². The average Bonchev–Trinajstić information content (AvgIpc) is 2.97. The molecule has 0 saturated heterocycles. The van der Waals surface area contributed by atoms with Crippen molar-refractivity contribution >= 4 is 5.57 Å². The maximum absolute atomic E-state index is 2.58. The lowest BCUT2D eigenvalue weighted by Gasteiger charge is -2.42. The molecule has 0 amide bonds. The van der Waals surface area contributed by atoms with Crippen molar-refractivity contribution in [3.63, 3.8) is 0 Å². The highest BCUT2D eigenvalue weighted by molar-refractivity contribution is 5.85. The first kappa shape index (κ1) is 15.6. The first-order valence-corrected chi connectivity index (χ1v) is 9.74. The van der Waals surface area contributed by atoms with Gasteiger partial charge in [-0.1, -0.05) is 98.8 Å². The zero-order chi connectivity index (χ0) is 17.7. The number of hydrogen-bond acceptors (Lipinski definition) is 0. The molecule has 0 heterocycles. The third kappa shape index (κ3) is 1.90. The van der Waals surface area contributed by atoms with Gasteiger partial charge in [-0.2, -0.15) is 0 Å². The van der Waals surface area contributed by atoms with Crippen molar-refractivity contribution in [3.8, 4) is 0 Å². The summed E-state index contributed by atoms with van der Waals surface area (Å²) in [6.07, 6.45) is 3.71. The van der Waals surface area contributed by atoms with E-state index in [2.05, 4.69) is 98.8 Å². The van der Waals surface area contributed by atoms with Crippen LogP contribution in [0.4, 0.5) is 0 Å². The van der Waals surface area contributed by atoms with E-state index in [-0.39, 0.29) is 5.41 Å². The molecule has 5 rings (SSSR count). The van der Waals surface area contributed by atoms with Gasteiger partial charge in [0.15, 0.2) is 0 Å². The molecule has 0 radical (unpaired) electrons. The summed E-state index contributed by atoms with van der Waals surface area (Å²) in [5.74, 6) is 1.05. The SMILES string of the molecule is CC[C@]12c3ccccc3C(c3ccccc3)=C[C@H]1[C@H](C)c1ccccc12. The Bertz CT molecular complexity index is 995. The molecule has 3 aromatic rings. The average molecular weight is 336 g/mol. The van der Waals surface area contributed by atoms with Crippen molar-refractivity contribution in [1.82, 2.24) is 0 Å². The van der Waals surface area contributed by atoms with Crippen LogP contribution in [0, 0.1) is 5.92 Å². The summed E-state index contributed by atoms with van der Waals surface area (Å²) in [7, 11) is 0. The Morgan fingerprint density at radius 3 is 2.19 bits per heavy atom. The Morgan fingerprint density at radius 1 is 0.769 bits per heavy atom. The largest absolute Gasteiger partial charge is 0.0711 e. The van der Waals surface area contributed by atoms with Gasteiger partial charge in [-0.3, -0.25) is 0 Å². The lowest BCUT2D eigenvalue weighted by Crippen LogP contribution is -2.36. The second-order valence-corrected chi connectivity index (χ2v) is 7.72. The standard InChI is InChI=1S/C26H24/c1-3-26-23-15-9-7-13-20(23)18(2)25(26)17-22(19-11-5-4-6-12-19)21-14-8-10-16-24(21)26/h4-18,25H,3H2,1-2H3/t18-,25+,26+/m1/s1. The fourth-order valence-electron chi connectivity index (χ4n) is 5.57. The minimum Gasteiger partial charge on any atom is -0.0711 e. The van der Waals surface area contributed by atoms with Crippen LogP contribution >= 0.6 is 0 Å². The summed E-state index contributed by atoms with van der Waals surface area (Å²) in [5.41, 5.74) is 8.80. The third-order valence-electron chi connectivity index (χ3n) is 6.73.